The van der Waals surface area contributed by atoms with E-state index in [9.17, 15) is 0 Å². The summed E-state index contributed by atoms with van der Waals surface area (Å²) < 4.78 is 12.1. The molecule has 2 unspecified atom stereocenters. The Balaban J connectivity index is 1.28. The summed E-state index contributed by atoms with van der Waals surface area (Å²) >= 11 is 0. The van der Waals surface area contributed by atoms with E-state index < -0.39 is 0 Å². The van der Waals surface area contributed by atoms with Crippen molar-refractivity contribution in [2.24, 2.45) is 11.8 Å². The van der Waals surface area contributed by atoms with E-state index in [0.717, 1.165) is 50.4 Å². The molecule has 3 fully saturated rings. The first kappa shape index (κ1) is 20.0. The normalized spacial score (nSPS) is 30.2. The van der Waals surface area contributed by atoms with E-state index in [4.69, 9.17) is 9.47 Å². The minimum Gasteiger partial charge on any atom is -0.490 e. The van der Waals surface area contributed by atoms with Crippen LogP contribution >= 0.6 is 0 Å². The number of nitrogens with zero attached hydrogens (tertiary/aromatic N) is 2. The van der Waals surface area contributed by atoms with Crippen molar-refractivity contribution in [2.45, 2.75) is 70.4 Å². The van der Waals surface area contributed by atoms with Crippen LogP contribution in [-0.4, -0.2) is 50.0 Å². The summed E-state index contributed by atoms with van der Waals surface area (Å²) in [7, 11) is 0. The fourth-order valence-electron chi connectivity index (χ4n) is 5.11. The van der Waals surface area contributed by atoms with E-state index in [-0.39, 0.29) is 0 Å². The molecule has 156 valence electrons. The van der Waals surface area contributed by atoms with E-state index in [1.54, 1.807) is 0 Å². The van der Waals surface area contributed by atoms with Crippen molar-refractivity contribution in [1.82, 2.24) is 10.3 Å². The molecule has 0 amide bonds. The van der Waals surface area contributed by atoms with Crippen LogP contribution in [0.3, 0.4) is 0 Å². The highest BCUT2D eigenvalue weighted by Crippen LogP contribution is 2.39. The van der Waals surface area contributed by atoms with Gasteiger partial charge in [-0.2, -0.15) is 0 Å². The number of pyridine rings is 1. The zero-order valence-corrected chi connectivity index (χ0v) is 17.4. The van der Waals surface area contributed by atoms with Crippen LogP contribution in [0.15, 0.2) is 18.5 Å². The van der Waals surface area contributed by atoms with Gasteiger partial charge >= 0.3 is 0 Å². The molecule has 5 heteroatoms. The van der Waals surface area contributed by atoms with Gasteiger partial charge < -0.3 is 19.7 Å². The van der Waals surface area contributed by atoms with Gasteiger partial charge in [0.25, 0.3) is 0 Å². The first-order valence-electron chi connectivity index (χ1n) is 11.5. The van der Waals surface area contributed by atoms with Crippen molar-refractivity contribution >= 4 is 5.69 Å². The molecule has 4 atom stereocenters. The van der Waals surface area contributed by atoms with Gasteiger partial charge in [-0.1, -0.05) is 13.3 Å². The number of fused-ring (bicyclic) bond motifs is 1. The van der Waals surface area contributed by atoms with Gasteiger partial charge in [0.2, 0.25) is 0 Å². The standard InChI is InChI=1S/C23H37N3O2/c1-2-3-11-27-22-7-6-19-16-26(10-8-18(19)12-22)21-13-23(15-24-14-21)28-17-20-5-4-9-25-20/h13-15,18-20,22,25H,2-12,16-17H2,1H3/t18?,19?,20-,22-/m0/s1. The quantitative estimate of drug-likeness (QED) is 0.683. The molecule has 2 aliphatic heterocycles. The number of hydrogen-bond acceptors (Lipinski definition) is 5. The summed E-state index contributed by atoms with van der Waals surface area (Å²) in [6.45, 7) is 7.32. The molecule has 0 radical (unpaired) electrons. The van der Waals surface area contributed by atoms with E-state index in [2.05, 4.69) is 28.2 Å². The van der Waals surface area contributed by atoms with Crippen molar-refractivity contribution in [3.05, 3.63) is 18.5 Å². The Hall–Kier alpha value is -1.33. The highest BCUT2D eigenvalue weighted by molar-refractivity contribution is 5.48. The van der Waals surface area contributed by atoms with Crippen molar-refractivity contribution in [2.75, 3.05) is 37.7 Å². The largest absolute Gasteiger partial charge is 0.490 e. The third kappa shape index (κ3) is 5.18. The minimum atomic E-state index is 0.495. The van der Waals surface area contributed by atoms with Gasteiger partial charge in [-0.15, -0.1) is 0 Å². The molecule has 2 saturated heterocycles. The van der Waals surface area contributed by atoms with E-state index in [0.29, 0.717) is 12.1 Å². The van der Waals surface area contributed by atoms with Gasteiger partial charge in [0.05, 0.1) is 24.2 Å². The average molecular weight is 388 g/mol. The number of aromatic nitrogens is 1. The molecule has 0 aromatic carbocycles. The highest BCUT2D eigenvalue weighted by atomic mass is 16.5. The Kier molecular flexibility index (Phi) is 7.08. The maximum atomic E-state index is 6.12. The van der Waals surface area contributed by atoms with Gasteiger partial charge in [-0.05, 0) is 63.3 Å². The molecule has 1 aromatic rings. The first-order valence-corrected chi connectivity index (χ1v) is 11.5. The third-order valence-corrected chi connectivity index (χ3v) is 6.85. The number of anilines is 1. The number of piperidine rings is 1. The molecule has 5 nitrogen and oxygen atoms in total. The molecule has 1 N–H and O–H groups in total. The summed E-state index contributed by atoms with van der Waals surface area (Å²) in [4.78, 5) is 6.98. The van der Waals surface area contributed by atoms with Crippen LogP contribution in [0.2, 0.25) is 0 Å². The summed E-state index contributed by atoms with van der Waals surface area (Å²) in [6, 6.07) is 2.68. The average Bonchev–Trinajstić information content (AvgIpc) is 3.26. The maximum absolute atomic E-state index is 6.12. The number of nitrogens with one attached hydrogen (secondary N) is 1. The molecule has 4 rings (SSSR count). The number of rotatable bonds is 8. The molecule has 1 saturated carbocycles. The number of unbranched alkanes of at least 4 members (excludes halogenated alkanes) is 1. The molecule has 1 aromatic heterocycles. The van der Waals surface area contributed by atoms with Crippen LogP contribution in [0.25, 0.3) is 0 Å². The summed E-state index contributed by atoms with van der Waals surface area (Å²) in [5.74, 6) is 2.53. The van der Waals surface area contributed by atoms with Gasteiger partial charge in [0, 0.05) is 31.8 Å². The summed E-state index contributed by atoms with van der Waals surface area (Å²) in [5.41, 5.74) is 1.22. The lowest BCUT2D eigenvalue weighted by Gasteiger charge is -2.44. The van der Waals surface area contributed by atoms with Crippen molar-refractivity contribution in [1.29, 1.82) is 0 Å². The van der Waals surface area contributed by atoms with Crippen LogP contribution in [0.4, 0.5) is 5.69 Å². The zero-order chi connectivity index (χ0) is 19.2. The molecular formula is C23H37N3O2. The second-order valence-electron chi connectivity index (χ2n) is 8.90. The van der Waals surface area contributed by atoms with Crippen molar-refractivity contribution in [3.63, 3.8) is 0 Å². The lowest BCUT2D eigenvalue weighted by Crippen LogP contribution is -2.44. The van der Waals surface area contributed by atoms with Gasteiger partial charge in [0.1, 0.15) is 12.4 Å². The number of ether oxygens (including phenoxy) is 2. The third-order valence-electron chi connectivity index (χ3n) is 6.85. The monoisotopic (exact) mass is 387 g/mol. The lowest BCUT2D eigenvalue weighted by atomic mass is 9.74. The SMILES string of the molecule is CCCCO[C@H]1CCC2CN(c3cncc(OC[C@@H]4CCCN4)c3)CCC2C1. The molecule has 1 aliphatic carbocycles. The van der Waals surface area contributed by atoms with Gasteiger partial charge in [-0.3, -0.25) is 4.98 Å². The summed E-state index contributed by atoms with van der Waals surface area (Å²) in [6.07, 6.45) is 14.3. The fraction of sp³-hybridized carbons (Fsp3) is 0.783. The first-order chi connectivity index (χ1) is 13.8. The van der Waals surface area contributed by atoms with Crippen LogP contribution in [-0.2, 0) is 4.74 Å². The Labute approximate surface area is 170 Å². The van der Waals surface area contributed by atoms with Gasteiger partial charge in [-0.25, -0.2) is 0 Å². The molecule has 0 spiro atoms. The molecule has 3 aliphatic rings. The molecular weight excluding hydrogens is 350 g/mol. The van der Waals surface area contributed by atoms with Crippen LogP contribution in [0, 0.1) is 11.8 Å². The second kappa shape index (κ2) is 9.93. The Morgan fingerprint density at radius 1 is 1.18 bits per heavy atom. The van der Waals surface area contributed by atoms with Crippen molar-refractivity contribution in [3.8, 4) is 5.75 Å². The summed E-state index contributed by atoms with van der Waals surface area (Å²) in [5, 5.41) is 3.49. The van der Waals surface area contributed by atoms with Crippen molar-refractivity contribution < 1.29 is 9.47 Å². The Bertz CT molecular complexity index is 605. The second-order valence-corrected chi connectivity index (χ2v) is 8.90. The van der Waals surface area contributed by atoms with E-state index >= 15 is 0 Å². The number of hydrogen-bond donors (Lipinski definition) is 1. The van der Waals surface area contributed by atoms with Crippen LogP contribution in [0.1, 0.15) is 58.3 Å². The fourth-order valence-corrected chi connectivity index (χ4v) is 5.11. The molecule has 3 heterocycles. The van der Waals surface area contributed by atoms with E-state index in [1.165, 1.54) is 57.1 Å². The van der Waals surface area contributed by atoms with Crippen LogP contribution in [0.5, 0.6) is 5.75 Å². The van der Waals surface area contributed by atoms with Crippen LogP contribution < -0.4 is 15.0 Å². The predicted molar refractivity (Wildman–Crippen MR) is 113 cm³/mol. The Morgan fingerprint density at radius 3 is 3.00 bits per heavy atom. The van der Waals surface area contributed by atoms with Gasteiger partial charge in [0.15, 0.2) is 0 Å². The maximum Gasteiger partial charge on any atom is 0.139 e. The topological polar surface area (TPSA) is 46.6 Å². The lowest BCUT2D eigenvalue weighted by molar-refractivity contribution is -0.00840. The zero-order valence-electron chi connectivity index (χ0n) is 17.4. The minimum absolute atomic E-state index is 0.495. The Morgan fingerprint density at radius 2 is 2.14 bits per heavy atom. The molecule has 0 bridgehead atoms. The predicted octanol–water partition coefficient (Wildman–Crippen LogP) is 4.02. The smallest absolute Gasteiger partial charge is 0.139 e. The highest BCUT2D eigenvalue weighted by Gasteiger charge is 2.35. The molecule has 28 heavy (non-hydrogen) atoms. The van der Waals surface area contributed by atoms with E-state index in [1.807, 2.05) is 12.4 Å².